The molecule has 4 heteroatoms. The van der Waals surface area contributed by atoms with E-state index < -0.39 is 0 Å². The number of fused-ring (bicyclic) bond motifs is 1. The van der Waals surface area contributed by atoms with Crippen LogP contribution in [0.25, 0.3) is 10.9 Å². The predicted octanol–water partition coefficient (Wildman–Crippen LogP) is 4.86. The van der Waals surface area contributed by atoms with Gasteiger partial charge in [-0.25, -0.2) is 0 Å². The number of methoxy groups -OCH3 is 1. The largest absolute Gasteiger partial charge is 0.494 e. The lowest BCUT2D eigenvalue weighted by atomic mass is 10.2. The Labute approximate surface area is 121 Å². The molecule has 0 atom stereocenters. The summed E-state index contributed by atoms with van der Waals surface area (Å²) in [6.07, 6.45) is 1.98. The summed E-state index contributed by atoms with van der Waals surface area (Å²) in [5, 5.41) is 1.74. The third kappa shape index (κ3) is 2.44. The molecule has 0 aliphatic heterocycles. The van der Waals surface area contributed by atoms with Crippen LogP contribution in [0.3, 0.4) is 0 Å². The van der Waals surface area contributed by atoms with Crippen LogP contribution in [0.1, 0.15) is 0 Å². The molecule has 2 aromatic carbocycles. The zero-order chi connectivity index (χ0) is 13.2. The lowest BCUT2D eigenvalue weighted by Gasteiger charge is -2.03. The van der Waals surface area contributed by atoms with Gasteiger partial charge in [-0.05, 0) is 42.3 Å². The molecule has 1 heterocycles. The second-order valence-corrected chi connectivity index (χ2v) is 5.57. The Morgan fingerprint density at radius 3 is 2.63 bits per heavy atom. The number of nitrogens with zero attached hydrogens (tertiary/aromatic N) is 1. The molecule has 0 fully saturated rings. The van der Waals surface area contributed by atoms with E-state index in [1.807, 2.05) is 42.6 Å². The number of benzene rings is 2. The molecule has 0 bridgehead atoms. The number of aromatic nitrogens is 1. The van der Waals surface area contributed by atoms with Crippen molar-refractivity contribution in [1.29, 1.82) is 0 Å². The molecular formula is C15H12ClNOS. The summed E-state index contributed by atoms with van der Waals surface area (Å²) in [5.41, 5.74) is 1.09. The Hall–Kier alpha value is -1.58. The topological polar surface area (TPSA) is 14.2 Å². The van der Waals surface area contributed by atoms with E-state index in [0.29, 0.717) is 5.02 Å². The minimum absolute atomic E-state index is 0.716. The van der Waals surface area contributed by atoms with Gasteiger partial charge < -0.3 is 4.74 Å². The number of rotatable bonds is 3. The average Bonchev–Trinajstić information content (AvgIpc) is 2.77. The van der Waals surface area contributed by atoms with Crippen molar-refractivity contribution in [3.63, 3.8) is 0 Å². The van der Waals surface area contributed by atoms with E-state index in [9.17, 15) is 0 Å². The predicted molar refractivity (Wildman–Crippen MR) is 81.2 cm³/mol. The van der Waals surface area contributed by atoms with Gasteiger partial charge in [0.1, 0.15) is 5.75 Å². The van der Waals surface area contributed by atoms with Crippen molar-refractivity contribution < 1.29 is 4.74 Å². The van der Waals surface area contributed by atoms with E-state index in [4.69, 9.17) is 16.3 Å². The fourth-order valence-electron chi connectivity index (χ4n) is 1.98. The van der Waals surface area contributed by atoms with E-state index in [-0.39, 0.29) is 0 Å². The van der Waals surface area contributed by atoms with Crippen molar-refractivity contribution in [3.8, 4) is 5.75 Å². The van der Waals surface area contributed by atoms with Gasteiger partial charge in [0.25, 0.3) is 0 Å². The SMILES string of the molecule is COc1cn(Sc2ccccc2)c2ccc(Cl)cc12. The maximum atomic E-state index is 6.05. The second kappa shape index (κ2) is 5.19. The summed E-state index contributed by atoms with van der Waals surface area (Å²) < 4.78 is 7.51. The van der Waals surface area contributed by atoms with Gasteiger partial charge in [0.15, 0.2) is 0 Å². The molecule has 96 valence electrons. The monoisotopic (exact) mass is 289 g/mol. The molecule has 3 aromatic rings. The zero-order valence-electron chi connectivity index (χ0n) is 10.3. The highest BCUT2D eigenvalue weighted by atomic mass is 35.5. The number of hydrogen-bond acceptors (Lipinski definition) is 2. The first-order valence-corrected chi connectivity index (χ1v) is 7.01. The third-order valence-electron chi connectivity index (χ3n) is 2.86. The molecule has 0 amide bonds. The van der Waals surface area contributed by atoms with Crippen LogP contribution >= 0.6 is 23.5 Å². The molecule has 0 saturated carbocycles. The van der Waals surface area contributed by atoms with Crippen molar-refractivity contribution in [2.24, 2.45) is 0 Å². The molecule has 0 aliphatic rings. The van der Waals surface area contributed by atoms with E-state index >= 15 is 0 Å². The van der Waals surface area contributed by atoms with Crippen LogP contribution in [0.5, 0.6) is 5.75 Å². The maximum Gasteiger partial charge on any atom is 0.145 e. The summed E-state index contributed by atoms with van der Waals surface area (Å²) in [5.74, 6) is 0.834. The molecule has 0 aliphatic carbocycles. The van der Waals surface area contributed by atoms with Crippen molar-refractivity contribution in [2.75, 3.05) is 7.11 Å². The van der Waals surface area contributed by atoms with E-state index in [1.165, 1.54) is 4.90 Å². The summed E-state index contributed by atoms with van der Waals surface area (Å²) in [6, 6.07) is 16.1. The van der Waals surface area contributed by atoms with Crippen molar-refractivity contribution in [2.45, 2.75) is 4.90 Å². The highest BCUT2D eigenvalue weighted by Gasteiger charge is 2.10. The van der Waals surface area contributed by atoms with Crippen LogP contribution in [0.4, 0.5) is 0 Å². The minimum Gasteiger partial charge on any atom is -0.494 e. The summed E-state index contributed by atoms with van der Waals surface area (Å²) in [6.45, 7) is 0. The molecule has 0 saturated heterocycles. The summed E-state index contributed by atoms with van der Waals surface area (Å²) >= 11 is 7.70. The molecule has 1 aromatic heterocycles. The van der Waals surface area contributed by atoms with Gasteiger partial charge in [0.05, 0.1) is 18.8 Å². The smallest absolute Gasteiger partial charge is 0.145 e. The van der Waals surface area contributed by atoms with E-state index in [0.717, 1.165) is 16.7 Å². The van der Waals surface area contributed by atoms with Crippen LogP contribution in [0.15, 0.2) is 59.6 Å². The minimum atomic E-state index is 0.716. The fourth-order valence-corrected chi connectivity index (χ4v) is 3.06. The van der Waals surface area contributed by atoms with Gasteiger partial charge in [0.2, 0.25) is 0 Å². The zero-order valence-corrected chi connectivity index (χ0v) is 11.9. The normalized spacial score (nSPS) is 10.8. The van der Waals surface area contributed by atoms with Crippen LogP contribution in [-0.4, -0.2) is 11.1 Å². The van der Waals surface area contributed by atoms with Crippen LogP contribution < -0.4 is 4.74 Å². The fraction of sp³-hybridized carbons (Fsp3) is 0.0667. The highest BCUT2D eigenvalue weighted by Crippen LogP contribution is 2.34. The van der Waals surface area contributed by atoms with Crippen LogP contribution in [0.2, 0.25) is 5.02 Å². The molecule has 0 unspecified atom stereocenters. The summed E-state index contributed by atoms with van der Waals surface area (Å²) in [4.78, 5) is 1.18. The van der Waals surface area contributed by atoms with Gasteiger partial charge in [-0.3, -0.25) is 3.97 Å². The highest BCUT2D eigenvalue weighted by molar-refractivity contribution is 7.98. The maximum absolute atomic E-state index is 6.05. The first kappa shape index (κ1) is 12.5. The first-order chi connectivity index (χ1) is 9.28. The molecular weight excluding hydrogens is 278 g/mol. The standard InChI is InChI=1S/C15H12ClNOS/c1-18-15-10-17(19-12-5-3-2-4-6-12)14-8-7-11(16)9-13(14)15/h2-10H,1H3. The third-order valence-corrected chi connectivity index (χ3v) is 4.08. The molecule has 0 spiro atoms. The van der Waals surface area contributed by atoms with Crippen LogP contribution in [-0.2, 0) is 0 Å². The lowest BCUT2D eigenvalue weighted by Crippen LogP contribution is -1.83. The van der Waals surface area contributed by atoms with Gasteiger partial charge in [0, 0.05) is 15.3 Å². The second-order valence-electron chi connectivity index (χ2n) is 4.09. The van der Waals surface area contributed by atoms with E-state index in [2.05, 4.69) is 16.1 Å². The number of ether oxygens (including phenoxy) is 1. The Kier molecular flexibility index (Phi) is 3.40. The number of hydrogen-bond donors (Lipinski definition) is 0. The molecule has 19 heavy (non-hydrogen) atoms. The Morgan fingerprint density at radius 2 is 1.89 bits per heavy atom. The van der Waals surface area contributed by atoms with Crippen molar-refractivity contribution in [1.82, 2.24) is 3.97 Å². The number of halogens is 1. The quantitative estimate of drug-likeness (QED) is 0.683. The molecule has 0 radical (unpaired) electrons. The van der Waals surface area contributed by atoms with Crippen LogP contribution in [0, 0.1) is 0 Å². The lowest BCUT2D eigenvalue weighted by molar-refractivity contribution is 0.419. The van der Waals surface area contributed by atoms with Gasteiger partial charge >= 0.3 is 0 Å². The van der Waals surface area contributed by atoms with Gasteiger partial charge in [-0.2, -0.15) is 0 Å². The van der Waals surface area contributed by atoms with E-state index in [1.54, 1.807) is 19.1 Å². The molecule has 0 N–H and O–H groups in total. The van der Waals surface area contributed by atoms with Crippen molar-refractivity contribution >= 4 is 34.5 Å². The molecule has 3 rings (SSSR count). The summed E-state index contributed by atoms with van der Waals surface area (Å²) in [7, 11) is 1.67. The molecule has 2 nitrogen and oxygen atoms in total. The van der Waals surface area contributed by atoms with Gasteiger partial charge in [-0.15, -0.1) is 0 Å². The Balaban J connectivity index is 2.09. The Bertz CT molecular complexity index is 709. The Morgan fingerprint density at radius 1 is 1.11 bits per heavy atom. The average molecular weight is 290 g/mol. The van der Waals surface area contributed by atoms with Gasteiger partial charge in [-0.1, -0.05) is 29.8 Å². The first-order valence-electron chi connectivity index (χ1n) is 5.86. The van der Waals surface area contributed by atoms with Crippen molar-refractivity contribution in [3.05, 3.63) is 59.8 Å².